The molecule has 0 bridgehead atoms. The van der Waals surface area contributed by atoms with Gasteiger partial charge in [-0.15, -0.1) is 0 Å². The van der Waals surface area contributed by atoms with Crippen LogP contribution in [0.25, 0.3) is 22.7 Å². The van der Waals surface area contributed by atoms with Crippen molar-refractivity contribution in [3.05, 3.63) is 60.1 Å². The van der Waals surface area contributed by atoms with Gasteiger partial charge < -0.3 is 9.32 Å². The van der Waals surface area contributed by atoms with Gasteiger partial charge in [0.25, 0.3) is 0 Å². The fourth-order valence-corrected chi connectivity index (χ4v) is 6.61. The molecule has 0 N–H and O–H groups in total. The predicted molar refractivity (Wildman–Crippen MR) is 147 cm³/mol. The molecule has 2 aliphatic rings. The molecule has 3 aromatic rings. The lowest BCUT2D eigenvalue weighted by atomic mass is 9.73. The zero-order valence-electron chi connectivity index (χ0n) is 21.6. The van der Waals surface area contributed by atoms with E-state index in [0.717, 1.165) is 50.0 Å². The Balaban J connectivity index is 1.51. The van der Waals surface area contributed by atoms with Gasteiger partial charge in [0.05, 0.1) is 12.0 Å². The van der Waals surface area contributed by atoms with Crippen molar-refractivity contribution in [2.75, 3.05) is 29.5 Å². The van der Waals surface area contributed by atoms with Crippen molar-refractivity contribution in [1.29, 1.82) is 5.26 Å². The molecule has 2 fully saturated rings. The summed E-state index contributed by atoms with van der Waals surface area (Å²) in [5.74, 6) is 1.54. The second-order valence-electron chi connectivity index (χ2n) is 10.3. The van der Waals surface area contributed by atoms with Crippen LogP contribution >= 0.6 is 0 Å². The highest BCUT2D eigenvalue weighted by atomic mass is 32.2. The number of Topliss-reactive ketones (excluding diaryl/α,β-unsaturated/α-hetero) is 1. The minimum absolute atomic E-state index is 0.104. The van der Waals surface area contributed by atoms with Gasteiger partial charge in [0.1, 0.15) is 23.1 Å². The van der Waals surface area contributed by atoms with Crippen molar-refractivity contribution < 1.29 is 17.8 Å². The van der Waals surface area contributed by atoms with Gasteiger partial charge in [0, 0.05) is 70.5 Å². The van der Waals surface area contributed by atoms with Gasteiger partial charge >= 0.3 is 0 Å². The van der Waals surface area contributed by atoms with Gasteiger partial charge in [-0.25, -0.2) is 9.37 Å². The van der Waals surface area contributed by atoms with Crippen LogP contribution in [-0.4, -0.2) is 39.6 Å². The molecule has 0 spiro atoms. The molecule has 198 valence electrons. The molecule has 1 saturated heterocycles. The predicted octanol–water partition coefficient (Wildman–Crippen LogP) is 6.11. The summed E-state index contributed by atoms with van der Waals surface area (Å²) in [5.41, 5.74) is 3.34. The van der Waals surface area contributed by atoms with Crippen molar-refractivity contribution in [3.63, 3.8) is 0 Å². The summed E-state index contributed by atoms with van der Waals surface area (Å²) in [5, 5.41) is 9.26. The van der Waals surface area contributed by atoms with Crippen molar-refractivity contribution >= 4 is 22.3 Å². The number of nitriles is 1. The minimum atomic E-state index is -0.737. The third kappa shape index (κ3) is 5.73. The number of benzene rings is 2. The van der Waals surface area contributed by atoms with Crippen LogP contribution in [0.5, 0.6) is 0 Å². The largest absolute Gasteiger partial charge is 0.440 e. The van der Waals surface area contributed by atoms with Crippen LogP contribution < -0.4 is 4.90 Å². The standard InChI is InChI=1S/C30H32FN3O3S/c1-20(19-32)18-27(35)25-4-2-3-5-26(25)29-28(33-30(37-29)22-6-10-23(31)11-7-22)21-8-12-24(13-9-21)34-14-16-38(36)17-15-34/h6-13,20,25-26H,2-5,14-18H2,1H3/t20-,25-,26?/m1/s1. The zero-order chi connectivity index (χ0) is 26.6. The topological polar surface area (TPSA) is 87.2 Å². The molecule has 3 atom stereocenters. The van der Waals surface area contributed by atoms with E-state index in [2.05, 4.69) is 23.1 Å². The summed E-state index contributed by atoms with van der Waals surface area (Å²) < 4.78 is 31.8. The third-order valence-electron chi connectivity index (χ3n) is 7.67. The van der Waals surface area contributed by atoms with E-state index >= 15 is 0 Å². The summed E-state index contributed by atoms with van der Waals surface area (Å²) in [6.45, 7) is 3.32. The molecule has 0 radical (unpaired) electrons. The lowest BCUT2D eigenvalue weighted by molar-refractivity contribution is -0.125. The minimum Gasteiger partial charge on any atom is -0.440 e. The smallest absolute Gasteiger partial charge is 0.226 e. The van der Waals surface area contributed by atoms with Crippen LogP contribution in [-0.2, 0) is 15.6 Å². The van der Waals surface area contributed by atoms with E-state index in [1.54, 1.807) is 19.1 Å². The van der Waals surface area contributed by atoms with Gasteiger partial charge in [0.15, 0.2) is 0 Å². The molecule has 1 aliphatic heterocycles. The van der Waals surface area contributed by atoms with Gasteiger partial charge in [0.2, 0.25) is 5.89 Å². The van der Waals surface area contributed by atoms with Crippen LogP contribution in [0.15, 0.2) is 52.9 Å². The summed E-state index contributed by atoms with van der Waals surface area (Å²) in [6, 6.07) is 16.4. The van der Waals surface area contributed by atoms with Crippen molar-refractivity contribution in [2.45, 2.75) is 44.9 Å². The number of hydrogen-bond acceptors (Lipinski definition) is 6. The number of oxazole rings is 1. The molecule has 5 rings (SSSR count). The highest BCUT2D eigenvalue weighted by Gasteiger charge is 2.37. The Morgan fingerprint density at radius 2 is 1.76 bits per heavy atom. The Kier molecular flexibility index (Phi) is 8.04. The van der Waals surface area contributed by atoms with Crippen LogP contribution in [0.2, 0.25) is 0 Å². The number of aromatic nitrogens is 1. The molecule has 1 aromatic heterocycles. The first-order valence-electron chi connectivity index (χ1n) is 13.3. The van der Waals surface area contributed by atoms with Gasteiger partial charge in [-0.2, -0.15) is 5.26 Å². The maximum atomic E-state index is 13.6. The molecule has 0 amide bonds. The Morgan fingerprint density at radius 1 is 1.11 bits per heavy atom. The van der Waals surface area contributed by atoms with E-state index in [-0.39, 0.29) is 35.8 Å². The molecular formula is C30H32FN3O3S. The SMILES string of the molecule is C[C@@H](C#N)CC(=O)[C@@H]1CCCCC1c1oc(-c2ccc(F)cc2)nc1-c1ccc(N2CCS(=O)CC2)cc1. The molecule has 1 unspecified atom stereocenters. The average molecular weight is 534 g/mol. The number of rotatable bonds is 7. The van der Waals surface area contributed by atoms with Crippen LogP contribution in [0.1, 0.15) is 50.7 Å². The van der Waals surface area contributed by atoms with E-state index in [1.165, 1.54) is 12.1 Å². The third-order valence-corrected chi connectivity index (χ3v) is 8.95. The molecule has 2 aromatic carbocycles. The average Bonchev–Trinajstić information content (AvgIpc) is 3.39. The van der Waals surface area contributed by atoms with Crippen LogP contribution in [0.3, 0.4) is 0 Å². The van der Waals surface area contributed by atoms with Crippen molar-refractivity contribution in [3.8, 4) is 28.8 Å². The van der Waals surface area contributed by atoms with E-state index < -0.39 is 10.8 Å². The lowest BCUT2D eigenvalue weighted by Gasteiger charge is -2.30. The molecule has 1 saturated carbocycles. The number of carbonyl (C=O) groups excluding carboxylic acids is 1. The van der Waals surface area contributed by atoms with Crippen LogP contribution in [0, 0.1) is 29.0 Å². The molecule has 8 heteroatoms. The molecule has 6 nitrogen and oxygen atoms in total. The van der Waals surface area contributed by atoms with Gasteiger partial charge in [-0.3, -0.25) is 9.00 Å². The maximum Gasteiger partial charge on any atom is 0.226 e. The fourth-order valence-electron chi connectivity index (χ4n) is 5.56. The summed E-state index contributed by atoms with van der Waals surface area (Å²) >= 11 is 0. The van der Waals surface area contributed by atoms with E-state index in [0.29, 0.717) is 34.4 Å². The first-order valence-corrected chi connectivity index (χ1v) is 14.8. The van der Waals surface area contributed by atoms with E-state index in [1.807, 2.05) is 12.1 Å². The summed E-state index contributed by atoms with van der Waals surface area (Å²) in [4.78, 5) is 20.4. The zero-order valence-corrected chi connectivity index (χ0v) is 22.4. The second-order valence-corrected chi connectivity index (χ2v) is 12.0. The Hall–Kier alpha value is -3.31. The number of carbonyl (C=O) groups is 1. The Labute approximate surface area is 225 Å². The maximum absolute atomic E-state index is 13.6. The molecule has 2 heterocycles. The highest BCUT2D eigenvalue weighted by molar-refractivity contribution is 7.85. The summed E-state index contributed by atoms with van der Waals surface area (Å²) in [6.07, 6.45) is 3.77. The molecular weight excluding hydrogens is 501 g/mol. The molecule has 1 aliphatic carbocycles. The second kappa shape index (κ2) is 11.6. The number of halogens is 1. The number of anilines is 1. The normalized spacial score (nSPS) is 21.1. The number of ketones is 1. The number of nitrogens with zero attached hydrogens (tertiary/aromatic N) is 3. The van der Waals surface area contributed by atoms with Gasteiger partial charge in [-0.05, 0) is 56.2 Å². The van der Waals surface area contributed by atoms with Crippen LogP contribution in [0.4, 0.5) is 10.1 Å². The highest BCUT2D eigenvalue weighted by Crippen LogP contribution is 2.44. The fraction of sp³-hybridized carbons (Fsp3) is 0.433. The van der Waals surface area contributed by atoms with Gasteiger partial charge in [-0.1, -0.05) is 25.0 Å². The number of hydrogen-bond donors (Lipinski definition) is 0. The summed E-state index contributed by atoms with van der Waals surface area (Å²) in [7, 11) is -0.737. The van der Waals surface area contributed by atoms with Crippen molar-refractivity contribution in [1.82, 2.24) is 4.98 Å². The molecule has 38 heavy (non-hydrogen) atoms. The lowest BCUT2D eigenvalue weighted by Crippen LogP contribution is -2.37. The van der Waals surface area contributed by atoms with Crippen molar-refractivity contribution in [2.24, 2.45) is 11.8 Å². The first kappa shape index (κ1) is 26.3. The van der Waals surface area contributed by atoms with E-state index in [9.17, 15) is 18.7 Å². The first-order chi connectivity index (χ1) is 18.4. The van der Waals surface area contributed by atoms with E-state index in [4.69, 9.17) is 9.40 Å². The Bertz CT molecular complexity index is 1340. The Morgan fingerprint density at radius 3 is 2.45 bits per heavy atom. The monoisotopic (exact) mass is 533 g/mol. The quantitative estimate of drug-likeness (QED) is 0.364.